The van der Waals surface area contributed by atoms with Crippen LogP contribution in [0.25, 0.3) is 0 Å². The van der Waals surface area contributed by atoms with Crippen molar-refractivity contribution in [2.24, 2.45) is 0 Å². The van der Waals surface area contributed by atoms with Gasteiger partial charge in [-0.05, 0) is 0 Å². The van der Waals surface area contributed by atoms with Gasteiger partial charge in [0.15, 0.2) is 0 Å². The molecule has 0 aromatic heterocycles. The van der Waals surface area contributed by atoms with Gasteiger partial charge in [0.05, 0.1) is 8.80 Å². The number of hydrogen-bond acceptors (Lipinski definition) is 0. The highest BCUT2D eigenvalue weighted by Gasteiger charge is 2.13. The molecular weight excluding hydrogens is 292 g/mol. The zero-order valence-corrected chi connectivity index (χ0v) is 16.8. The van der Waals surface area contributed by atoms with Crippen LogP contribution in [-0.2, 0) is 0 Å². The Labute approximate surface area is 147 Å². The average Bonchev–Trinajstić information content (AvgIpc) is 2.60. The van der Waals surface area contributed by atoms with Crippen molar-refractivity contribution in [3.05, 3.63) is 30.3 Å². The molecule has 0 aliphatic heterocycles. The van der Waals surface area contributed by atoms with Crippen LogP contribution in [0.4, 0.5) is 0 Å². The summed E-state index contributed by atoms with van der Waals surface area (Å²) in [6.45, 7) is 4.61. The second-order valence-electron chi connectivity index (χ2n) is 7.01. The fourth-order valence-electron chi connectivity index (χ4n) is 3.32. The third-order valence-electron chi connectivity index (χ3n) is 4.85. The van der Waals surface area contributed by atoms with E-state index >= 15 is 0 Å². The van der Waals surface area contributed by atoms with Gasteiger partial charge in [0, 0.05) is 0 Å². The van der Waals surface area contributed by atoms with Crippen molar-refractivity contribution in [2.75, 3.05) is 0 Å². The normalized spacial score (nSPS) is 11.3. The maximum absolute atomic E-state index is 2.39. The van der Waals surface area contributed by atoms with E-state index in [0.29, 0.717) is 0 Å². The Kier molecular flexibility index (Phi) is 13.4. The lowest BCUT2D eigenvalue weighted by Gasteiger charge is -2.15. The molecule has 1 heteroatoms. The maximum atomic E-state index is 2.39. The average molecular weight is 332 g/mol. The Bertz CT molecular complexity index is 330. The minimum absolute atomic E-state index is 0.307. The monoisotopic (exact) mass is 331 g/mol. The summed E-state index contributed by atoms with van der Waals surface area (Å²) in [4.78, 5) is 0. The summed E-state index contributed by atoms with van der Waals surface area (Å²) >= 11 is 0. The molecule has 0 aliphatic carbocycles. The van der Waals surface area contributed by atoms with Crippen LogP contribution in [-0.4, -0.2) is 8.80 Å². The lowest BCUT2D eigenvalue weighted by molar-refractivity contribution is 0.617. The zero-order valence-electron chi connectivity index (χ0n) is 15.8. The van der Waals surface area contributed by atoms with Crippen molar-refractivity contribution in [1.82, 2.24) is 0 Å². The standard InChI is InChI=1S/C22H39Si/c1-3-5-7-9-11-16-20-23(22-18-14-13-15-19-22)21-17-12-10-8-6-4-2/h13-15,18-19H,3-12,16-17,20-21H2,1-2H3. The molecule has 23 heavy (non-hydrogen) atoms. The van der Waals surface area contributed by atoms with Gasteiger partial charge in [-0.1, -0.05) is 139 Å². The van der Waals surface area contributed by atoms with Gasteiger partial charge in [-0.15, -0.1) is 0 Å². The first-order valence-corrected chi connectivity index (χ1v) is 12.2. The fourth-order valence-corrected chi connectivity index (χ4v) is 6.17. The highest BCUT2D eigenvalue weighted by atomic mass is 28.3. The molecule has 0 unspecified atom stereocenters. The number of hydrogen-bond donors (Lipinski definition) is 0. The molecule has 1 aromatic rings. The number of unbranched alkanes of at least 4 members (excludes halogenated alkanes) is 10. The van der Waals surface area contributed by atoms with Crippen molar-refractivity contribution in [3.63, 3.8) is 0 Å². The molecule has 0 heterocycles. The Morgan fingerprint density at radius 1 is 0.565 bits per heavy atom. The van der Waals surface area contributed by atoms with E-state index in [-0.39, 0.29) is 8.80 Å². The minimum atomic E-state index is -0.307. The van der Waals surface area contributed by atoms with Crippen LogP contribution in [0.1, 0.15) is 90.9 Å². The van der Waals surface area contributed by atoms with E-state index in [1.165, 1.54) is 89.1 Å². The van der Waals surface area contributed by atoms with Crippen LogP contribution in [0.5, 0.6) is 0 Å². The first kappa shape index (κ1) is 20.5. The van der Waals surface area contributed by atoms with Crippen LogP contribution in [0.2, 0.25) is 12.1 Å². The molecule has 0 amide bonds. The smallest absolute Gasteiger partial charge is 0.0654 e. The number of benzene rings is 1. The van der Waals surface area contributed by atoms with Gasteiger partial charge in [-0.2, -0.15) is 0 Å². The van der Waals surface area contributed by atoms with E-state index in [0.717, 1.165) is 0 Å². The second-order valence-corrected chi connectivity index (χ2v) is 9.79. The largest absolute Gasteiger partial charge is 0.0856 e. The van der Waals surface area contributed by atoms with Crippen LogP contribution < -0.4 is 5.19 Å². The maximum Gasteiger partial charge on any atom is 0.0856 e. The zero-order chi connectivity index (χ0) is 16.6. The molecule has 1 aromatic carbocycles. The molecule has 0 N–H and O–H groups in total. The summed E-state index contributed by atoms with van der Waals surface area (Å²) in [5.41, 5.74) is 0. The molecule has 0 spiro atoms. The Hall–Kier alpha value is -0.563. The molecule has 0 saturated carbocycles. The quantitative estimate of drug-likeness (QED) is 0.237. The SMILES string of the molecule is CCCCCCCC[Si](CCCCCCCC)c1ccccc1. The van der Waals surface area contributed by atoms with Crippen LogP contribution in [0.15, 0.2) is 30.3 Å². The predicted molar refractivity (Wildman–Crippen MR) is 108 cm³/mol. The third-order valence-corrected chi connectivity index (χ3v) is 7.91. The molecule has 1 radical (unpaired) electrons. The Morgan fingerprint density at radius 3 is 1.48 bits per heavy atom. The second kappa shape index (κ2) is 15.0. The van der Waals surface area contributed by atoms with Crippen molar-refractivity contribution in [1.29, 1.82) is 0 Å². The summed E-state index contributed by atoms with van der Waals surface area (Å²) in [5.74, 6) is 0. The summed E-state index contributed by atoms with van der Waals surface area (Å²) < 4.78 is 0. The van der Waals surface area contributed by atoms with E-state index < -0.39 is 0 Å². The van der Waals surface area contributed by atoms with Gasteiger partial charge < -0.3 is 0 Å². The molecule has 0 bridgehead atoms. The fraction of sp³-hybridized carbons (Fsp3) is 0.727. The van der Waals surface area contributed by atoms with Gasteiger partial charge >= 0.3 is 0 Å². The van der Waals surface area contributed by atoms with Gasteiger partial charge in [0.25, 0.3) is 0 Å². The van der Waals surface area contributed by atoms with Gasteiger partial charge in [0.1, 0.15) is 0 Å². The van der Waals surface area contributed by atoms with Gasteiger partial charge in [-0.3, -0.25) is 0 Å². The highest BCUT2D eigenvalue weighted by Crippen LogP contribution is 2.15. The molecule has 0 atom stereocenters. The molecule has 0 aliphatic rings. The molecule has 131 valence electrons. The van der Waals surface area contributed by atoms with E-state index in [2.05, 4.69) is 44.2 Å². The van der Waals surface area contributed by atoms with E-state index in [9.17, 15) is 0 Å². The molecule has 1 rings (SSSR count). The molecule has 0 fully saturated rings. The van der Waals surface area contributed by atoms with Crippen molar-refractivity contribution in [2.45, 2.75) is 103 Å². The summed E-state index contributed by atoms with van der Waals surface area (Å²) in [6, 6.07) is 14.4. The van der Waals surface area contributed by atoms with Crippen LogP contribution in [0, 0.1) is 0 Å². The van der Waals surface area contributed by atoms with E-state index in [1.807, 2.05) is 0 Å². The van der Waals surface area contributed by atoms with Gasteiger partial charge in [0.2, 0.25) is 0 Å². The Morgan fingerprint density at radius 2 is 1.00 bits per heavy atom. The van der Waals surface area contributed by atoms with Crippen molar-refractivity contribution >= 4 is 14.0 Å². The summed E-state index contributed by atoms with van der Waals surface area (Å²) in [7, 11) is -0.307. The summed E-state index contributed by atoms with van der Waals surface area (Å²) in [5, 5.41) is 1.68. The van der Waals surface area contributed by atoms with Gasteiger partial charge in [-0.25, -0.2) is 0 Å². The van der Waals surface area contributed by atoms with E-state index in [1.54, 1.807) is 5.19 Å². The molecular formula is C22H39Si. The highest BCUT2D eigenvalue weighted by molar-refractivity contribution is 6.73. The number of rotatable bonds is 15. The predicted octanol–water partition coefficient (Wildman–Crippen LogP) is 7.11. The van der Waals surface area contributed by atoms with E-state index in [4.69, 9.17) is 0 Å². The molecule has 0 nitrogen and oxygen atoms in total. The Balaban J connectivity index is 2.26. The molecule has 0 saturated heterocycles. The minimum Gasteiger partial charge on any atom is -0.0654 e. The lowest BCUT2D eigenvalue weighted by Crippen LogP contribution is -2.29. The summed E-state index contributed by atoms with van der Waals surface area (Å²) in [6.07, 6.45) is 17.2. The first-order chi connectivity index (χ1) is 11.4. The first-order valence-electron chi connectivity index (χ1n) is 10.3. The van der Waals surface area contributed by atoms with Crippen LogP contribution >= 0.6 is 0 Å². The topological polar surface area (TPSA) is 0 Å². The lowest BCUT2D eigenvalue weighted by atomic mass is 10.1. The van der Waals surface area contributed by atoms with Crippen LogP contribution in [0.3, 0.4) is 0 Å². The van der Waals surface area contributed by atoms with Crippen molar-refractivity contribution < 1.29 is 0 Å². The van der Waals surface area contributed by atoms with Crippen molar-refractivity contribution in [3.8, 4) is 0 Å². The third kappa shape index (κ3) is 10.8.